The molecular weight excluding hydrogens is 353 g/mol. The predicted octanol–water partition coefficient (Wildman–Crippen LogP) is 0.916. The highest BCUT2D eigenvalue weighted by atomic mass is 19.4. The summed E-state index contributed by atoms with van der Waals surface area (Å²) in [7, 11) is 0. The molecule has 2 saturated heterocycles. The van der Waals surface area contributed by atoms with Crippen LogP contribution in [0.25, 0.3) is 5.70 Å². The van der Waals surface area contributed by atoms with E-state index in [0.717, 1.165) is 6.20 Å². The first kappa shape index (κ1) is 18.7. The molecule has 3 rings (SSSR count). The van der Waals surface area contributed by atoms with Gasteiger partial charge in [-0.15, -0.1) is 0 Å². The second-order valence-electron chi connectivity index (χ2n) is 5.91. The number of rotatable bonds is 4. The van der Waals surface area contributed by atoms with Crippen molar-refractivity contribution in [3.8, 4) is 0 Å². The Balaban J connectivity index is 1.87. The maximum Gasteiger partial charge on any atom is 0.433 e. The Labute approximate surface area is 148 Å². The predicted molar refractivity (Wildman–Crippen MR) is 87.2 cm³/mol. The molecule has 0 aromatic carbocycles. The number of morpholine rings is 2. The SMILES string of the molecule is N=C(/C=C(\NN1CCOCC1)c1cn[nH]c1C(F)(F)F)N1CCOCC1. The van der Waals surface area contributed by atoms with Gasteiger partial charge in [0.05, 0.1) is 38.3 Å². The molecule has 0 bridgehead atoms. The number of alkyl halides is 3. The number of hydrogen-bond donors (Lipinski definition) is 3. The van der Waals surface area contributed by atoms with Gasteiger partial charge in [-0.05, 0) is 0 Å². The van der Waals surface area contributed by atoms with Crippen molar-refractivity contribution in [2.24, 2.45) is 0 Å². The van der Waals surface area contributed by atoms with E-state index in [-0.39, 0.29) is 17.1 Å². The fraction of sp³-hybridized carbons (Fsp3) is 0.600. The molecule has 2 aliphatic heterocycles. The van der Waals surface area contributed by atoms with Crippen molar-refractivity contribution < 1.29 is 22.6 Å². The number of ether oxygens (including phenoxy) is 2. The molecule has 0 unspecified atom stereocenters. The lowest BCUT2D eigenvalue weighted by atomic mass is 10.1. The number of aromatic nitrogens is 2. The van der Waals surface area contributed by atoms with Crippen LogP contribution in [0.1, 0.15) is 11.3 Å². The smallest absolute Gasteiger partial charge is 0.379 e. The lowest BCUT2D eigenvalue weighted by Crippen LogP contribution is -2.45. The molecule has 0 amide bonds. The molecule has 0 aliphatic carbocycles. The van der Waals surface area contributed by atoms with E-state index in [1.165, 1.54) is 6.08 Å². The van der Waals surface area contributed by atoms with Crippen LogP contribution in [-0.2, 0) is 15.7 Å². The Morgan fingerprint density at radius 1 is 1.15 bits per heavy atom. The van der Waals surface area contributed by atoms with E-state index in [0.29, 0.717) is 52.6 Å². The standard InChI is InChI=1S/C15H21F3N6O2/c16-15(17,18)14-11(10-20-21-14)12(22-24-3-7-26-8-4-24)9-13(19)23-1-5-25-6-2-23/h9-10,19,22H,1-8H2,(H,20,21)/b12-9-,19-13?. The normalized spacial score (nSPS) is 20.3. The van der Waals surface area contributed by atoms with Gasteiger partial charge in [0, 0.05) is 37.8 Å². The summed E-state index contributed by atoms with van der Waals surface area (Å²) in [5, 5.41) is 15.6. The fourth-order valence-electron chi connectivity index (χ4n) is 2.75. The number of hydrazine groups is 1. The summed E-state index contributed by atoms with van der Waals surface area (Å²) >= 11 is 0. The molecule has 0 saturated carbocycles. The van der Waals surface area contributed by atoms with Crippen LogP contribution < -0.4 is 5.43 Å². The van der Waals surface area contributed by atoms with E-state index in [1.807, 2.05) is 5.10 Å². The van der Waals surface area contributed by atoms with E-state index >= 15 is 0 Å². The Bertz CT molecular complexity index is 648. The second-order valence-corrected chi connectivity index (χ2v) is 5.91. The molecule has 0 radical (unpaired) electrons. The molecule has 2 aliphatic rings. The van der Waals surface area contributed by atoms with E-state index in [1.54, 1.807) is 9.91 Å². The van der Waals surface area contributed by atoms with Crippen LogP contribution in [0.3, 0.4) is 0 Å². The molecule has 3 N–H and O–H groups in total. The number of H-pyrrole nitrogens is 1. The van der Waals surface area contributed by atoms with Crippen molar-refractivity contribution in [2.45, 2.75) is 6.18 Å². The van der Waals surface area contributed by atoms with Gasteiger partial charge in [0.25, 0.3) is 0 Å². The van der Waals surface area contributed by atoms with Gasteiger partial charge >= 0.3 is 6.18 Å². The first-order valence-corrected chi connectivity index (χ1v) is 8.28. The minimum absolute atomic E-state index is 0.123. The third-order valence-electron chi connectivity index (χ3n) is 4.14. The maximum absolute atomic E-state index is 13.3. The lowest BCUT2D eigenvalue weighted by Gasteiger charge is -2.31. The molecule has 0 atom stereocenters. The number of nitrogens with zero attached hydrogens (tertiary/aromatic N) is 3. The Hall–Kier alpha value is -2.11. The number of nitrogens with one attached hydrogen (secondary N) is 3. The summed E-state index contributed by atoms with van der Waals surface area (Å²) in [6.07, 6.45) is -2.05. The van der Waals surface area contributed by atoms with Crippen LogP contribution in [0, 0.1) is 5.41 Å². The van der Waals surface area contributed by atoms with Crippen LogP contribution in [0.4, 0.5) is 13.2 Å². The summed E-state index contributed by atoms with van der Waals surface area (Å²) in [4.78, 5) is 1.76. The van der Waals surface area contributed by atoms with Gasteiger partial charge in [0.1, 0.15) is 11.5 Å². The molecule has 26 heavy (non-hydrogen) atoms. The zero-order valence-electron chi connectivity index (χ0n) is 14.1. The van der Waals surface area contributed by atoms with Gasteiger partial charge in [-0.25, -0.2) is 5.01 Å². The highest BCUT2D eigenvalue weighted by molar-refractivity contribution is 5.97. The molecule has 1 aromatic rings. The zero-order valence-corrected chi connectivity index (χ0v) is 14.1. The summed E-state index contributed by atoms with van der Waals surface area (Å²) in [6.45, 7) is 4.06. The van der Waals surface area contributed by atoms with Gasteiger partial charge in [-0.1, -0.05) is 0 Å². The van der Waals surface area contributed by atoms with Crippen LogP contribution in [0.2, 0.25) is 0 Å². The van der Waals surface area contributed by atoms with Crippen molar-refractivity contribution in [1.29, 1.82) is 5.41 Å². The van der Waals surface area contributed by atoms with Gasteiger partial charge in [-0.2, -0.15) is 18.3 Å². The quantitative estimate of drug-likeness (QED) is 0.536. The summed E-state index contributed by atoms with van der Waals surface area (Å²) in [5.41, 5.74) is 2.10. The van der Waals surface area contributed by atoms with Gasteiger partial charge < -0.3 is 19.8 Å². The number of amidine groups is 1. The minimum atomic E-state index is -4.57. The highest BCUT2D eigenvalue weighted by Crippen LogP contribution is 2.32. The number of aromatic amines is 1. The van der Waals surface area contributed by atoms with E-state index in [9.17, 15) is 13.2 Å². The zero-order chi connectivity index (χ0) is 18.6. The summed E-state index contributed by atoms with van der Waals surface area (Å²) in [6, 6.07) is 0. The van der Waals surface area contributed by atoms with Crippen molar-refractivity contribution in [3.63, 3.8) is 0 Å². The topological polar surface area (TPSA) is 89.5 Å². The Morgan fingerprint density at radius 3 is 2.38 bits per heavy atom. The third kappa shape index (κ3) is 4.54. The first-order chi connectivity index (χ1) is 12.4. The summed E-state index contributed by atoms with van der Waals surface area (Å²) < 4.78 is 50.3. The average Bonchev–Trinajstić information content (AvgIpc) is 3.13. The van der Waals surface area contributed by atoms with Crippen molar-refractivity contribution in [3.05, 3.63) is 23.5 Å². The molecule has 2 fully saturated rings. The van der Waals surface area contributed by atoms with Crippen LogP contribution in [0.15, 0.2) is 12.3 Å². The maximum atomic E-state index is 13.3. The molecule has 0 spiro atoms. The molecular formula is C15H21F3N6O2. The number of hydrogen-bond acceptors (Lipinski definition) is 6. The van der Waals surface area contributed by atoms with Gasteiger partial charge in [0.2, 0.25) is 0 Å². The largest absolute Gasteiger partial charge is 0.433 e. The van der Waals surface area contributed by atoms with E-state index in [4.69, 9.17) is 14.9 Å². The molecule has 8 nitrogen and oxygen atoms in total. The van der Waals surface area contributed by atoms with Crippen LogP contribution >= 0.6 is 0 Å². The molecule has 1 aromatic heterocycles. The molecule has 11 heteroatoms. The third-order valence-corrected chi connectivity index (χ3v) is 4.14. The van der Waals surface area contributed by atoms with Crippen molar-refractivity contribution in [2.75, 3.05) is 52.6 Å². The average molecular weight is 374 g/mol. The monoisotopic (exact) mass is 374 g/mol. The first-order valence-electron chi connectivity index (χ1n) is 8.28. The Morgan fingerprint density at radius 2 is 1.77 bits per heavy atom. The van der Waals surface area contributed by atoms with E-state index in [2.05, 4.69) is 10.5 Å². The summed E-state index contributed by atoms with van der Waals surface area (Å²) in [5.74, 6) is 0.124. The highest BCUT2D eigenvalue weighted by Gasteiger charge is 2.37. The molecule has 3 heterocycles. The number of halogens is 3. The second kappa shape index (κ2) is 8.06. The lowest BCUT2D eigenvalue weighted by molar-refractivity contribution is -0.141. The minimum Gasteiger partial charge on any atom is -0.379 e. The van der Waals surface area contributed by atoms with Crippen molar-refractivity contribution >= 4 is 11.5 Å². The van der Waals surface area contributed by atoms with Crippen LogP contribution in [-0.4, -0.2) is 78.5 Å². The Kier molecular flexibility index (Phi) is 5.79. The fourth-order valence-corrected chi connectivity index (χ4v) is 2.75. The van der Waals surface area contributed by atoms with Gasteiger partial charge in [0.15, 0.2) is 0 Å². The van der Waals surface area contributed by atoms with Gasteiger partial charge in [-0.3, -0.25) is 10.5 Å². The van der Waals surface area contributed by atoms with Crippen molar-refractivity contribution in [1.82, 2.24) is 25.5 Å². The molecule has 144 valence electrons. The van der Waals surface area contributed by atoms with Crippen LogP contribution in [0.5, 0.6) is 0 Å². The van der Waals surface area contributed by atoms with E-state index < -0.39 is 11.9 Å².